The lowest BCUT2D eigenvalue weighted by Crippen LogP contribution is -2.23. The summed E-state index contributed by atoms with van der Waals surface area (Å²) < 4.78 is 107. The Bertz CT molecular complexity index is 2520. The third kappa shape index (κ3) is 12.0. The number of carbonyl (C=O) groups excluding carboxylic acids is 1. The number of carboxylic acid groups (broad SMARTS) is 1. The molecule has 6 rings (SSSR count). The highest BCUT2D eigenvalue weighted by molar-refractivity contribution is 5.84. The number of aromatic nitrogens is 8. The first kappa shape index (κ1) is 49.3. The number of imidazole rings is 2. The standard InChI is InChI=1S/C22H24F4N4O.C13H16FN3.C8H9F3N2O2/c1-13(29-12-19(22(24,25)26)28-14(29)2)18(31)10-15-11-27-30(20(15)21(3,4)5)17-8-6-16(23)7-9-17;1-13(2,3)12-11(15)8-16-17(12)10-6-4-9(14)5-7-10;1-4(7(14)15)13-3-6(8(9,10)11)12-5(13)2/h6-9,11-13H,10H2,1-5H3;4-8H,15H2,1-3H3;3-4H,1-2H3,(H,14,15). The molecule has 20 heteroatoms. The van der Waals surface area contributed by atoms with Gasteiger partial charge in [-0.1, -0.05) is 41.5 Å². The largest absolute Gasteiger partial charge is 0.480 e. The van der Waals surface area contributed by atoms with Gasteiger partial charge in [-0.25, -0.2) is 32.9 Å². The average Bonchev–Trinajstić information content (AvgIpc) is 3.96. The Balaban J connectivity index is 0.000000229. The summed E-state index contributed by atoms with van der Waals surface area (Å²) in [6, 6.07) is 10.2. The lowest BCUT2D eigenvalue weighted by molar-refractivity contribution is -0.142. The van der Waals surface area contributed by atoms with E-state index in [2.05, 4.69) is 40.9 Å². The van der Waals surface area contributed by atoms with E-state index in [-0.39, 0.29) is 40.9 Å². The van der Waals surface area contributed by atoms with Crippen molar-refractivity contribution in [2.75, 3.05) is 5.73 Å². The predicted molar refractivity (Wildman–Crippen MR) is 219 cm³/mol. The van der Waals surface area contributed by atoms with Gasteiger partial charge in [0.05, 0.1) is 46.9 Å². The van der Waals surface area contributed by atoms with Crippen LogP contribution in [0, 0.1) is 25.5 Å². The van der Waals surface area contributed by atoms with E-state index in [1.54, 1.807) is 52.9 Å². The summed E-state index contributed by atoms with van der Waals surface area (Å²) in [5.74, 6) is -1.95. The molecule has 0 aliphatic carbocycles. The fourth-order valence-electron chi connectivity index (χ4n) is 6.62. The predicted octanol–water partition coefficient (Wildman–Crippen LogP) is 9.95. The van der Waals surface area contributed by atoms with Crippen LogP contribution in [0.3, 0.4) is 0 Å². The first-order valence-corrected chi connectivity index (χ1v) is 19.4. The van der Waals surface area contributed by atoms with Gasteiger partial charge in [-0.2, -0.15) is 36.5 Å². The molecule has 0 aliphatic rings. The summed E-state index contributed by atoms with van der Waals surface area (Å²) in [7, 11) is 0. The van der Waals surface area contributed by atoms with Gasteiger partial charge in [0.2, 0.25) is 0 Å². The van der Waals surface area contributed by atoms with Gasteiger partial charge in [0.25, 0.3) is 0 Å². The second-order valence-electron chi connectivity index (χ2n) is 16.7. The summed E-state index contributed by atoms with van der Waals surface area (Å²) in [6.07, 6.45) is -4.35. The molecule has 12 nitrogen and oxygen atoms in total. The Morgan fingerprint density at radius 3 is 1.40 bits per heavy atom. The van der Waals surface area contributed by atoms with Crippen LogP contribution in [0.2, 0.25) is 0 Å². The average molecular weight is 892 g/mol. The number of aliphatic carboxylic acids is 1. The Kier molecular flexibility index (Phi) is 14.5. The number of hydrogen-bond acceptors (Lipinski definition) is 7. The highest BCUT2D eigenvalue weighted by Crippen LogP contribution is 2.33. The summed E-state index contributed by atoms with van der Waals surface area (Å²) in [4.78, 5) is 30.4. The minimum absolute atomic E-state index is 0.00602. The molecule has 2 unspecified atom stereocenters. The fraction of sp³-hybridized carbons (Fsp3) is 0.395. The van der Waals surface area contributed by atoms with Gasteiger partial charge >= 0.3 is 18.3 Å². The molecule has 4 heterocycles. The van der Waals surface area contributed by atoms with Crippen LogP contribution in [0.15, 0.2) is 73.3 Å². The molecule has 0 saturated heterocycles. The minimum Gasteiger partial charge on any atom is -0.480 e. The number of nitrogens with zero attached hydrogens (tertiary/aromatic N) is 8. The molecule has 63 heavy (non-hydrogen) atoms. The molecule has 2 atom stereocenters. The molecule has 6 aromatic rings. The zero-order chi connectivity index (χ0) is 47.6. The number of ketones is 1. The summed E-state index contributed by atoms with van der Waals surface area (Å²) in [5.41, 5.74) is 7.83. The van der Waals surface area contributed by atoms with Crippen LogP contribution in [0.25, 0.3) is 11.4 Å². The number of rotatable bonds is 8. The Labute approximate surface area is 358 Å². The van der Waals surface area contributed by atoms with Gasteiger partial charge in [0.15, 0.2) is 17.2 Å². The number of nitrogens with two attached hydrogens (primary N) is 1. The minimum atomic E-state index is -4.57. The van der Waals surface area contributed by atoms with Crippen LogP contribution < -0.4 is 5.73 Å². The van der Waals surface area contributed by atoms with Gasteiger partial charge in [0, 0.05) is 35.2 Å². The van der Waals surface area contributed by atoms with Crippen molar-refractivity contribution in [1.82, 2.24) is 38.7 Å². The normalized spacial score (nSPS) is 13.1. The molecular weight excluding hydrogens is 843 g/mol. The molecule has 0 amide bonds. The van der Waals surface area contributed by atoms with Gasteiger partial charge < -0.3 is 20.0 Å². The van der Waals surface area contributed by atoms with Crippen LogP contribution in [0.1, 0.15) is 107 Å². The van der Waals surface area contributed by atoms with Crippen molar-refractivity contribution in [3.8, 4) is 11.4 Å². The number of carboxylic acids is 1. The molecule has 0 bridgehead atoms. The zero-order valence-electron chi connectivity index (χ0n) is 36.2. The number of nitrogen functional groups attached to an aromatic ring is 1. The molecule has 0 fully saturated rings. The third-order valence-electron chi connectivity index (χ3n) is 9.64. The second kappa shape index (κ2) is 18.6. The van der Waals surface area contributed by atoms with Crippen molar-refractivity contribution in [1.29, 1.82) is 0 Å². The van der Waals surface area contributed by atoms with Crippen LogP contribution >= 0.6 is 0 Å². The summed E-state index contributed by atoms with van der Waals surface area (Å²) >= 11 is 0. The van der Waals surface area contributed by atoms with Crippen molar-refractivity contribution < 1.29 is 49.8 Å². The molecule has 4 aromatic heterocycles. The first-order chi connectivity index (χ1) is 28.9. The number of benzene rings is 2. The highest BCUT2D eigenvalue weighted by Gasteiger charge is 2.37. The van der Waals surface area contributed by atoms with Gasteiger partial charge in [-0.05, 0) is 76.2 Å². The molecule has 3 N–H and O–H groups in total. The summed E-state index contributed by atoms with van der Waals surface area (Å²) in [5, 5.41) is 17.3. The third-order valence-corrected chi connectivity index (χ3v) is 9.64. The Hall–Kier alpha value is -6.34. The molecule has 2 aromatic carbocycles. The second-order valence-corrected chi connectivity index (χ2v) is 16.7. The highest BCUT2D eigenvalue weighted by atomic mass is 19.4. The number of anilines is 1. The van der Waals surface area contributed by atoms with E-state index in [1.807, 2.05) is 20.8 Å². The maximum absolute atomic E-state index is 13.3. The van der Waals surface area contributed by atoms with Crippen LogP contribution in [-0.2, 0) is 39.2 Å². The maximum atomic E-state index is 13.3. The number of alkyl halides is 6. The number of aryl methyl sites for hydroxylation is 2. The number of carbonyl (C=O) groups is 2. The molecule has 0 aliphatic heterocycles. The van der Waals surface area contributed by atoms with Crippen molar-refractivity contribution in [3.05, 3.63) is 125 Å². The number of halogens is 8. The van der Waals surface area contributed by atoms with Crippen molar-refractivity contribution in [3.63, 3.8) is 0 Å². The quantitative estimate of drug-likeness (QED) is 0.143. The first-order valence-electron chi connectivity index (χ1n) is 19.4. The Morgan fingerprint density at radius 2 is 1.03 bits per heavy atom. The zero-order valence-corrected chi connectivity index (χ0v) is 36.2. The van der Waals surface area contributed by atoms with E-state index in [1.165, 1.54) is 49.6 Å². The molecule has 0 spiro atoms. The van der Waals surface area contributed by atoms with E-state index in [9.17, 15) is 44.7 Å². The molecule has 0 saturated carbocycles. The smallest absolute Gasteiger partial charge is 0.434 e. The lowest BCUT2D eigenvalue weighted by Gasteiger charge is -2.23. The number of hydrogen-bond donors (Lipinski definition) is 2. The molecule has 340 valence electrons. The van der Waals surface area contributed by atoms with E-state index >= 15 is 0 Å². The number of Topliss-reactive ketones (excluding diaryl/α,β-unsaturated/α-hetero) is 1. The monoisotopic (exact) mass is 891 g/mol. The van der Waals surface area contributed by atoms with Gasteiger partial charge in [-0.3, -0.25) is 4.79 Å². The molecular formula is C43H49F8N9O3. The van der Waals surface area contributed by atoms with Crippen LogP contribution in [-0.4, -0.2) is 55.5 Å². The topological polar surface area (TPSA) is 152 Å². The SMILES string of the molecule is CC(C)(C)c1c(N)cnn1-c1ccc(F)cc1.Cc1nc(C(F)(F)F)cn1C(C)C(=O)Cc1cnn(-c2ccc(F)cc2)c1C(C)(C)C.Cc1nc(C(F)(F)F)cn1C(C)C(=O)O. The van der Waals surface area contributed by atoms with Gasteiger partial charge in [0.1, 0.15) is 29.3 Å². The van der Waals surface area contributed by atoms with E-state index in [0.717, 1.165) is 27.8 Å². The maximum Gasteiger partial charge on any atom is 0.434 e. The lowest BCUT2D eigenvalue weighted by atomic mass is 9.87. The van der Waals surface area contributed by atoms with Crippen molar-refractivity contribution >= 4 is 17.4 Å². The van der Waals surface area contributed by atoms with Crippen LogP contribution in [0.4, 0.5) is 40.8 Å². The van der Waals surface area contributed by atoms with E-state index in [0.29, 0.717) is 23.1 Å². The molecule has 0 radical (unpaired) electrons. The fourth-order valence-corrected chi connectivity index (χ4v) is 6.62. The Morgan fingerprint density at radius 1 is 0.651 bits per heavy atom. The van der Waals surface area contributed by atoms with E-state index in [4.69, 9.17) is 10.8 Å². The van der Waals surface area contributed by atoms with E-state index < -0.39 is 47.2 Å². The van der Waals surface area contributed by atoms with Gasteiger partial charge in [-0.15, -0.1) is 0 Å². The van der Waals surface area contributed by atoms with Crippen molar-refractivity contribution in [2.45, 2.75) is 111 Å². The summed E-state index contributed by atoms with van der Waals surface area (Å²) in [6.45, 7) is 17.7. The van der Waals surface area contributed by atoms with Crippen LogP contribution in [0.5, 0.6) is 0 Å². The van der Waals surface area contributed by atoms with Crippen molar-refractivity contribution in [2.24, 2.45) is 0 Å².